The Balaban J connectivity index is 1.89. The molecule has 110 valence electrons. The molecule has 1 N–H and O–H groups in total. The van der Waals surface area contributed by atoms with Crippen molar-refractivity contribution in [1.82, 2.24) is 4.90 Å². The Kier molecular flexibility index (Phi) is 4.36. The van der Waals surface area contributed by atoms with E-state index >= 15 is 0 Å². The van der Waals surface area contributed by atoms with E-state index in [1.165, 1.54) is 6.42 Å². The molecule has 2 fully saturated rings. The maximum atomic E-state index is 12.1. The Labute approximate surface area is 114 Å². The van der Waals surface area contributed by atoms with Crippen LogP contribution in [0.2, 0.25) is 0 Å². The summed E-state index contributed by atoms with van der Waals surface area (Å²) in [6.45, 7) is 6.02. The van der Waals surface area contributed by atoms with E-state index in [1.807, 2.05) is 20.8 Å². The predicted octanol–water partition coefficient (Wildman–Crippen LogP) is 1.93. The molecule has 0 aromatic rings. The third-order valence-electron chi connectivity index (χ3n) is 3.65. The highest BCUT2D eigenvalue weighted by atomic mass is 16.6. The highest BCUT2D eigenvalue weighted by Crippen LogP contribution is 2.29. The predicted molar refractivity (Wildman–Crippen MR) is 70.9 cm³/mol. The first kappa shape index (κ1) is 14.6. The van der Waals surface area contributed by atoms with Crippen molar-refractivity contribution in [3.63, 3.8) is 0 Å². The van der Waals surface area contributed by atoms with Gasteiger partial charge in [0.1, 0.15) is 5.60 Å². The molecule has 2 rings (SSSR count). The molecule has 1 aliphatic heterocycles. The zero-order valence-corrected chi connectivity index (χ0v) is 12.1. The Hall–Kier alpha value is -0.810. The quantitative estimate of drug-likeness (QED) is 0.852. The number of ether oxygens (including phenoxy) is 2. The van der Waals surface area contributed by atoms with Gasteiger partial charge in [-0.25, -0.2) is 4.79 Å². The lowest BCUT2D eigenvalue weighted by molar-refractivity contribution is -0.0469. The zero-order valence-electron chi connectivity index (χ0n) is 12.1. The lowest BCUT2D eigenvalue weighted by Crippen LogP contribution is -2.41. The molecule has 1 heterocycles. The SMILES string of the molecule is CC(C)(C)OC(=O)N1C[C@H](OC2CCC2)C[C@H]1CO. The van der Waals surface area contributed by atoms with Crippen LogP contribution in [-0.2, 0) is 9.47 Å². The van der Waals surface area contributed by atoms with Crippen molar-refractivity contribution in [2.75, 3.05) is 13.2 Å². The molecule has 0 unspecified atom stereocenters. The summed E-state index contributed by atoms with van der Waals surface area (Å²) in [5.74, 6) is 0. The van der Waals surface area contributed by atoms with Gasteiger partial charge in [0.25, 0.3) is 0 Å². The van der Waals surface area contributed by atoms with E-state index in [-0.39, 0.29) is 24.8 Å². The van der Waals surface area contributed by atoms with Crippen molar-refractivity contribution >= 4 is 6.09 Å². The fraction of sp³-hybridized carbons (Fsp3) is 0.929. The first-order chi connectivity index (χ1) is 8.89. The summed E-state index contributed by atoms with van der Waals surface area (Å²) in [6, 6.07) is -0.181. The first-order valence-electron chi connectivity index (χ1n) is 7.15. The largest absolute Gasteiger partial charge is 0.444 e. The molecule has 2 aliphatic rings. The van der Waals surface area contributed by atoms with E-state index in [2.05, 4.69) is 0 Å². The average Bonchev–Trinajstić information content (AvgIpc) is 2.64. The first-order valence-corrected chi connectivity index (χ1v) is 7.15. The summed E-state index contributed by atoms with van der Waals surface area (Å²) in [5.41, 5.74) is -0.510. The van der Waals surface area contributed by atoms with Crippen LogP contribution in [0.3, 0.4) is 0 Å². The van der Waals surface area contributed by atoms with E-state index in [4.69, 9.17) is 9.47 Å². The Morgan fingerprint density at radius 1 is 1.32 bits per heavy atom. The Morgan fingerprint density at radius 2 is 2.00 bits per heavy atom. The van der Waals surface area contributed by atoms with Gasteiger partial charge in [-0.05, 0) is 46.5 Å². The molecule has 0 spiro atoms. The lowest BCUT2D eigenvalue weighted by Gasteiger charge is -2.29. The highest BCUT2D eigenvalue weighted by molar-refractivity contribution is 5.69. The summed E-state index contributed by atoms with van der Waals surface area (Å²) < 4.78 is 11.3. The third-order valence-corrected chi connectivity index (χ3v) is 3.65. The second kappa shape index (κ2) is 5.67. The molecule has 2 atom stereocenters. The molecule has 1 saturated heterocycles. The van der Waals surface area contributed by atoms with Crippen LogP contribution in [0.1, 0.15) is 46.5 Å². The molecule has 1 aliphatic carbocycles. The molecule has 5 heteroatoms. The van der Waals surface area contributed by atoms with Crippen LogP contribution in [0.5, 0.6) is 0 Å². The van der Waals surface area contributed by atoms with Crippen molar-refractivity contribution in [2.45, 2.75) is 70.3 Å². The molecule has 5 nitrogen and oxygen atoms in total. The summed E-state index contributed by atoms with van der Waals surface area (Å²) in [7, 11) is 0. The number of nitrogens with zero attached hydrogens (tertiary/aromatic N) is 1. The summed E-state index contributed by atoms with van der Waals surface area (Å²) in [6.07, 6.45) is 4.20. The minimum atomic E-state index is -0.510. The van der Waals surface area contributed by atoms with Gasteiger partial charge in [0.15, 0.2) is 0 Å². The number of carbonyl (C=O) groups is 1. The van der Waals surface area contributed by atoms with Crippen molar-refractivity contribution < 1.29 is 19.4 Å². The number of carbonyl (C=O) groups excluding carboxylic acids is 1. The van der Waals surface area contributed by atoms with Crippen LogP contribution in [-0.4, -0.2) is 53.1 Å². The van der Waals surface area contributed by atoms with Crippen LogP contribution >= 0.6 is 0 Å². The second-order valence-corrected chi connectivity index (χ2v) is 6.52. The van der Waals surface area contributed by atoms with Gasteiger partial charge < -0.3 is 19.5 Å². The standard InChI is InChI=1S/C14H25NO4/c1-14(2,3)19-13(17)15-8-12(7-10(15)9-16)18-11-5-4-6-11/h10-12,16H,4-9H2,1-3H3/t10-,12+/m0/s1. The lowest BCUT2D eigenvalue weighted by atomic mass is 9.96. The normalized spacial score (nSPS) is 28.3. The fourth-order valence-corrected chi connectivity index (χ4v) is 2.47. The number of amides is 1. The molecule has 0 aromatic carbocycles. The molecule has 0 aromatic heterocycles. The van der Waals surface area contributed by atoms with Crippen molar-refractivity contribution in [3.8, 4) is 0 Å². The molecular formula is C14H25NO4. The van der Waals surface area contributed by atoms with Gasteiger partial charge >= 0.3 is 6.09 Å². The molecule has 0 bridgehead atoms. The van der Waals surface area contributed by atoms with Crippen molar-refractivity contribution in [3.05, 3.63) is 0 Å². The van der Waals surface area contributed by atoms with Gasteiger partial charge in [-0.1, -0.05) is 0 Å². The molecular weight excluding hydrogens is 246 g/mol. The number of aliphatic hydroxyl groups excluding tert-OH is 1. The van der Waals surface area contributed by atoms with Gasteiger partial charge in [0.05, 0.1) is 31.4 Å². The van der Waals surface area contributed by atoms with E-state index < -0.39 is 5.60 Å². The van der Waals surface area contributed by atoms with Crippen LogP contribution in [0.15, 0.2) is 0 Å². The number of hydrogen-bond donors (Lipinski definition) is 1. The smallest absolute Gasteiger partial charge is 0.410 e. The van der Waals surface area contributed by atoms with Gasteiger partial charge in [0, 0.05) is 0 Å². The summed E-state index contributed by atoms with van der Waals surface area (Å²) in [4.78, 5) is 13.7. The third kappa shape index (κ3) is 3.83. The maximum absolute atomic E-state index is 12.1. The van der Waals surface area contributed by atoms with Crippen LogP contribution < -0.4 is 0 Å². The fourth-order valence-electron chi connectivity index (χ4n) is 2.47. The van der Waals surface area contributed by atoms with Gasteiger partial charge in [-0.2, -0.15) is 0 Å². The van der Waals surface area contributed by atoms with Crippen LogP contribution in [0.25, 0.3) is 0 Å². The number of aliphatic hydroxyl groups is 1. The van der Waals surface area contributed by atoms with E-state index in [1.54, 1.807) is 4.90 Å². The van der Waals surface area contributed by atoms with Crippen LogP contribution in [0, 0.1) is 0 Å². The number of rotatable bonds is 3. The second-order valence-electron chi connectivity index (χ2n) is 6.52. The average molecular weight is 271 g/mol. The van der Waals surface area contributed by atoms with Crippen molar-refractivity contribution in [2.24, 2.45) is 0 Å². The molecule has 1 amide bonds. The number of likely N-dealkylation sites (tertiary alicyclic amines) is 1. The highest BCUT2D eigenvalue weighted by Gasteiger charge is 2.39. The molecule has 19 heavy (non-hydrogen) atoms. The van der Waals surface area contributed by atoms with Gasteiger partial charge in [0.2, 0.25) is 0 Å². The van der Waals surface area contributed by atoms with Gasteiger partial charge in [-0.3, -0.25) is 0 Å². The summed E-state index contributed by atoms with van der Waals surface area (Å²) in [5, 5.41) is 9.40. The van der Waals surface area contributed by atoms with E-state index in [0.717, 1.165) is 12.8 Å². The summed E-state index contributed by atoms with van der Waals surface area (Å²) >= 11 is 0. The molecule has 1 saturated carbocycles. The van der Waals surface area contributed by atoms with E-state index in [0.29, 0.717) is 19.1 Å². The monoisotopic (exact) mass is 271 g/mol. The van der Waals surface area contributed by atoms with E-state index in [9.17, 15) is 9.90 Å². The zero-order chi connectivity index (χ0) is 14.0. The maximum Gasteiger partial charge on any atom is 0.410 e. The molecule has 0 radical (unpaired) electrons. The Bertz CT molecular complexity index is 322. The minimum absolute atomic E-state index is 0.0370. The minimum Gasteiger partial charge on any atom is -0.444 e. The van der Waals surface area contributed by atoms with Gasteiger partial charge in [-0.15, -0.1) is 0 Å². The Morgan fingerprint density at radius 3 is 2.47 bits per heavy atom. The van der Waals surface area contributed by atoms with Crippen LogP contribution in [0.4, 0.5) is 4.79 Å². The number of hydrogen-bond acceptors (Lipinski definition) is 4. The van der Waals surface area contributed by atoms with Crippen molar-refractivity contribution in [1.29, 1.82) is 0 Å². The topological polar surface area (TPSA) is 59.0 Å².